The third-order valence-corrected chi connectivity index (χ3v) is 2.45. The normalized spacial score (nSPS) is 18.4. The quantitative estimate of drug-likeness (QED) is 0.597. The SMILES string of the molecule is CNC1=C(C)C=CCS1. The molecule has 1 aliphatic heterocycles. The van der Waals surface area contributed by atoms with E-state index in [0.29, 0.717) is 0 Å². The van der Waals surface area contributed by atoms with Crippen molar-refractivity contribution in [1.29, 1.82) is 0 Å². The molecule has 1 N–H and O–H groups in total. The van der Waals surface area contributed by atoms with Crippen LogP contribution < -0.4 is 5.32 Å². The monoisotopic (exact) mass is 141 g/mol. The Hall–Kier alpha value is -0.370. The van der Waals surface area contributed by atoms with Crippen molar-refractivity contribution in [2.24, 2.45) is 0 Å². The average molecular weight is 141 g/mol. The first-order chi connectivity index (χ1) is 4.34. The van der Waals surface area contributed by atoms with Crippen LogP contribution in [0.4, 0.5) is 0 Å². The first-order valence-corrected chi connectivity index (χ1v) is 4.01. The van der Waals surface area contributed by atoms with Crippen LogP contribution in [-0.2, 0) is 0 Å². The summed E-state index contributed by atoms with van der Waals surface area (Å²) in [5.74, 6) is 1.10. The minimum absolute atomic E-state index is 1.10. The summed E-state index contributed by atoms with van der Waals surface area (Å²) < 4.78 is 0. The number of thioether (sulfide) groups is 1. The molecule has 1 aliphatic rings. The van der Waals surface area contributed by atoms with E-state index in [2.05, 4.69) is 24.4 Å². The van der Waals surface area contributed by atoms with Crippen LogP contribution in [0.25, 0.3) is 0 Å². The van der Waals surface area contributed by atoms with Crippen molar-refractivity contribution >= 4 is 11.8 Å². The van der Waals surface area contributed by atoms with Crippen LogP contribution >= 0.6 is 11.8 Å². The van der Waals surface area contributed by atoms with Crippen molar-refractivity contribution in [1.82, 2.24) is 5.32 Å². The summed E-state index contributed by atoms with van der Waals surface area (Å²) in [6, 6.07) is 0. The first kappa shape index (κ1) is 6.75. The predicted octanol–water partition coefficient (Wildman–Crippen LogP) is 1.74. The zero-order valence-corrected chi connectivity index (χ0v) is 6.59. The zero-order chi connectivity index (χ0) is 6.69. The van der Waals surface area contributed by atoms with Crippen molar-refractivity contribution in [3.8, 4) is 0 Å². The Kier molecular flexibility index (Phi) is 2.22. The molecule has 0 radical (unpaired) electrons. The Morgan fingerprint density at radius 1 is 1.67 bits per heavy atom. The predicted molar refractivity (Wildman–Crippen MR) is 43.4 cm³/mol. The van der Waals surface area contributed by atoms with E-state index in [-0.39, 0.29) is 0 Å². The molecule has 1 heterocycles. The van der Waals surface area contributed by atoms with E-state index in [1.165, 1.54) is 10.6 Å². The Morgan fingerprint density at radius 3 is 2.89 bits per heavy atom. The van der Waals surface area contributed by atoms with Crippen molar-refractivity contribution < 1.29 is 0 Å². The molecule has 0 aliphatic carbocycles. The summed E-state index contributed by atoms with van der Waals surface area (Å²) >= 11 is 1.85. The molecular weight excluding hydrogens is 130 g/mol. The molecule has 0 saturated carbocycles. The standard InChI is InChI=1S/C7H11NS/c1-6-4-3-5-9-7(6)8-2/h3-4,8H,5H2,1-2H3. The summed E-state index contributed by atoms with van der Waals surface area (Å²) in [7, 11) is 1.96. The zero-order valence-electron chi connectivity index (χ0n) is 5.77. The van der Waals surface area contributed by atoms with Gasteiger partial charge in [-0.1, -0.05) is 12.2 Å². The molecule has 0 aromatic rings. The lowest BCUT2D eigenvalue weighted by Gasteiger charge is -2.10. The number of allylic oxidation sites excluding steroid dienone is 2. The van der Waals surface area contributed by atoms with Crippen molar-refractivity contribution in [3.05, 3.63) is 22.8 Å². The van der Waals surface area contributed by atoms with Gasteiger partial charge in [0.25, 0.3) is 0 Å². The van der Waals surface area contributed by atoms with Crippen molar-refractivity contribution in [2.75, 3.05) is 12.8 Å². The topological polar surface area (TPSA) is 12.0 Å². The molecule has 0 aromatic heterocycles. The highest BCUT2D eigenvalue weighted by Crippen LogP contribution is 2.21. The van der Waals surface area contributed by atoms with Gasteiger partial charge >= 0.3 is 0 Å². The summed E-state index contributed by atoms with van der Waals surface area (Å²) in [4.78, 5) is 0. The summed E-state index contributed by atoms with van der Waals surface area (Å²) in [6.07, 6.45) is 4.34. The summed E-state index contributed by atoms with van der Waals surface area (Å²) in [6.45, 7) is 2.12. The highest BCUT2D eigenvalue weighted by Gasteiger charge is 2.00. The Morgan fingerprint density at radius 2 is 2.44 bits per heavy atom. The maximum atomic E-state index is 3.14. The smallest absolute Gasteiger partial charge is 0.0711 e. The van der Waals surface area contributed by atoms with Gasteiger partial charge < -0.3 is 5.32 Å². The second-order valence-corrected chi connectivity index (χ2v) is 3.01. The number of nitrogens with one attached hydrogen (secondary N) is 1. The Bertz CT molecular complexity index is 158. The van der Waals surface area contributed by atoms with E-state index in [0.717, 1.165) is 5.75 Å². The van der Waals surface area contributed by atoms with Crippen LogP contribution in [0, 0.1) is 0 Å². The molecule has 2 heteroatoms. The van der Waals surface area contributed by atoms with E-state index < -0.39 is 0 Å². The van der Waals surface area contributed by atoms with Crippen molar-refractivity contribution in [2.45, 2.75) is 6.92 Å². The Balaban J connectivity index is 2.72. The molecule has 1 rings (SSSR count). The van der Waals surface area contributed by atoms with Gasteiger partial charge in [-0.15, -0.1) is 11.8 Å². The molecule has 1 nitrogen and oxygen atoms in total. The van der Waals surface area contributed by atoms with E-state index in [1.807, 2.05) is 18.8 Å². The van der Waals surface area contributed by atoms with E-state index in [1.54, 1.807) is 0 Å². The van der Waals surface area contributed by atoms with Gasteiger partial charge in [-0.05, 0) is 12.5 Å². The summed E-state index contributed by atoms with van der Waals surface area (Å²) in [5.41, 5.74) is 1.34. The van der Waals surface area contributed by atoms with Crippen LogP contribution in [0.1, 0.15) is 6.92 Å². The van der Waals surface area contributed by atoms with E-state index in [9.17, 15) is 0 Å². The van der Waals surface area contributed by atoms with Gasteiger partial charge in [-0.25, -0.2) is 0 Å². The molecule has 9 heavy (non-hydrogen) atoms. The molecule has 50 valence electrons. The lowest BCUT2D eigenvalue weighted by molar-refractivity contribution is 1.05. The highest BCUT2D eigenvalue weighted by molar-refractivity contribution is 8.03. The highest BCUT2D eigenvalue weighted by atomic mass is 32.2. The molecule has 0 unspecified atom stereocenters. The maximum Gasteiger partial charge on any atom is 0.0711 e. The molecule has 0 aromatic carbocycles. The van der Waals surface area contributed by atoms with Gasteiger partial charge in [-0.2, -0.15) is 0 Å². The van der Waals surface area contributed by atoms with E-state index in [4.69, 9.17) is 0 Å². The first-order valence-electron chi connectivity index (χ1n) is 3.02. The second-order valence-electron chi connectivity index (χ2n) is 1.98. The molecule has 0 atom stereocenters. The fourth-order valence-electron chi connectivity index (χ4n) is 0.815. The molecule has 0 spiro atoms. The Labute approximate surface area is 60.2 Å². The third kappa shape index (κ3) is 1.52. The average Bonchev–Trinajstić information content (AvgIpc) is 1.89. The van der Waals surface area contributed by atoms with Gasteiger partial charge in [0.1, 0.15) is 0 Å². The minimum Gasteiger partial charge on any atom is -0.383 e. The summed E-state index contributed by atoms with van der Waals surface area (Å²) in [5, 5.41) is 4.45. The lowest BCUT2D eigenvalue weighted by atomic mass is 10.3. The van der Waals surface area contributed by atoms with Crippen molar-refractivity contribution in [3.63, 3.8) is 0 Å². The fraction of sp³-hybridized carbons (Fsp3) is 0.429. The van der Waals surface area contributed by atoms with Crippen LogP contribution in [0.15, 0.2) is 22.8 Å². The van der Waals surface area contributed by atoms with Crippen LogP contribution in [0.2, 0.25) is 0 Å². The molecule has 0 fully saturated rings. The molecule has 0 bridgehead atoms. The second kappa shape index (κ2) is 2.97. The number of hydrogen-bond acceptors (Lipinski definition) is 2. The van der Waals surface area contributed by atoms with Crippen LogP contribution in [0.3, 0.4) is 0 Å². The largest absolute Gasteiger partial charge is 0.383 e. The van der Waals surface area contributed by atoms with Gasteiger partial charge in [0.2, 0.25) is 0 Å². The minimum atomic E-state index is 1.10. The van der Waals surface area contributed by atoms with Gasteiger partial charge in [-0.3, -0.25) is 0 Å². The number of rotatable bonds is 1. The lowest BCUT2D eigenvalue weighted by Crippen LogP contribution is -2.06. The van der Waals surface area contributed by atoms with Gasteiger partial charge in [0.15, 0.2) is 0 Å². The fourth-order valence-corrected chi connectivity index (χ4v) is 1.61. The number of hydrogen-bond donors (Lipinski definition) is 1. The third-order valence-electron chi connectivity index (χ3n) is 1.28. The molecule has 0 saturated heterocycles. The van der Waals surface area contributed by atoms with E-state index >= 15 is 0 Å². The molecule has 0 amide bonds. The molecular formula is C7H11NS. The van der Waals surface area contributed by atoms with Gasteiger partial charge in [0.05, 0.1) is 5.03 Å². The maximum absolute atomic E-state index is 3.14. The van der Waals surface area contributed by atoms with Crippen LogP contribution in [0.5, 0.6) is 0 Å². The van der Waals surface area contributed by atoms with Crippen LogP contribution in [-0.4, -0.2) is 12.8 Å². The van der Waals surface area contributed by atoms with Gasteiger partial charge in [0, 0.05) is 12.8 Å².